The van der Waals surface area contributed by atoms with Crippen LogP contribution >= 0.6 is 0 Å². The quantitative estimate of drug-likeness (QED) is 0.604. The van der Waals surface area contributed by atoms with E-state index < -0.39 is 0 Å². The van der Waals surface area contributed by atoms with E-state index in [4.69, 9.17) is 0 Å². The molecule has 0 aromatic heterocycles. The molecule has 4 nitrogen and oxygen atoms in total. The molecule has 4 heteroatoms. The summed E-state index contributed by atoms with van der Waals surface area (Å²) in [7, 11) is 0. The molecule has 1 fully saturated rings. The molecule has 1 aliphatic heterocycles. The third-order valence-electron chi connectivity index (χ3n) is 6.06. The highest BCUT2D eigenvalue weighted by Gasteiger charge is 2.31. The number of hydrogen-bond donors (Lipinski definition) is 0. The summed E-state index contributed by atoms with van der Waals surface area (Å²) >= 11 is 0. The summed E-state index contributed by atoms with van der Waals surface area (Å²) < 4.78 is 0. The van der Waals surface area contributed by atoms with E-state index >= 15 is 0 Å². The fourth-order valence-corrected chi connectivity index (χ4v) is 4.47. The monoisotopic (exact) mass is 405 g/mol. The standard InChI is InChI=1S/C26H35N3O/c1-5-18-27-19-17-25(21(4)20-27)29(23-11-9-8-10-12-23)24-15-13-22(14-16-24)26(30)28(6-2)7-3/h5,8-16,18,21,25H,6-7,17,19-20H2,1-4H3/b18-5+/t21-,25+/m0/s1. The van der Waals surface area contributed by atoms with E-state index in [0.717, 1.165) is 43.9 Å². The van der Waals surface area contributed by atoms with Gasteiger partial charge in [0.05, 0.1) is 0 Å². The number of para-hydroxylation sites is 1. The van der Waals surface area contributed by atoms with Crippen molar-refractivity contribution in [1.29, 1.82) is 0 Å². The molecule has 3 rings (SSSR count). The van der Waals surface area contributed by atoms with Crippen LogP contribution in [0.4, 0.5) is 11.4 Å². The Morgan fingerprint density at radius 2 is 1.67 bits per heavy atom. The highest BCUT2D eigenvalue weighted by molar-refractivity contribution is 5.94. The highest BCUT2D eigenvalue weighted by Crippen LogP contribution is 2.34. The van der Waals surface area contributed by atoms with E-state index in [-0.39, 0.29) is 5.91 Å². The van der Waals surface area contributed by atoms with Crippen molar-refractivity contribution in [3.8, 4) is 0 Å². The molecule has 2 atom stereocenters. The van der Waals surface area contributed by atoms with Crippen LogP contribution in [0.15, 0.2) is 66.9 Å². The van der Waals surface area contributed by atoms with Gasteiger partial charge < -0.3 is 14.7 Å². The number of benzene rings is 2. The summed E-state index contributed by atoms with van der Waals surface area (Å²) in [6.07, 6.45) is 5.42. The number of allylic oxidation sites excluding steroid dienone is 1. The molecule has 1 aliphatic rings. The van der Waals surface area contributed by atoms with Crippen molar-refractivity contribution in [2.24, 2.45) is 5.92 Å². The Hall–Kier alpha value is -2.75. The number of hydrogen-bond acceptors (Lipinski definition) is 3. The summed E-state index contributed by atoms with van der Waals surface area (Å²) in [6.45, 7) is 12.0. The Kier molecular flexibility index (Phi) is 7.56. The second kappa shape index (κ2) is 10.3. The van der Waals surface area contributed by atoms with Gasteiger partial charge in [-0.3, -0.25) is 4.79 Å². The molecule has 2 aromatic rings. The zero-order valence-electron chi connectivity index (χ0n) is 18.8. The van der Waals surface area contributed by atoms with Crippen molar-refractivity contribution < 1.29 is 4.79 Å². The number of anilines is 2. The molecule has 1 amide bonds. The fraction of sp³-hybridized carbons (Fsp3) is 0.423. The summed E-state index contributed by atoms with van der Waals surface area (Å²) in [4.78, 5) is 19.4. The fourth-order valence-electron chi connectivity index (χ4n) is 4.47. The molecule has 2 aromatic carbocycles. The summed E-state index contributed by atoms with van der Waals surface area (Å²) in [6, 6.07) is 19.2. The third-order valence-corrected chi connectivity index (χ3v) is 6.06. The Morgan fingerprint density at radius 3 is 2.23 bits per heavy atom. The van der Waals surface area contributed by atoms with E-state index in [1.54, 1.807) is 0 Å². The lowest BCUT2D eigenvalue weighted by atomic mass is 9.91. The van der Waals surface area contributed by atoms with Gasteiger partial charge in [0.2, 0.25) is 0 Å². The summed E-state index contributed by atoms with van der Waals surface area (Å²) in [5, 5.41) is 0. The predicted molar refractivity (Wildman–Crippen MR) is 126 cm³/mol. The lowest BCUT2D eigenvalue weighted by Gasteiger charge is -2.43. The van der Waals surface area contributed by atoms with Gasteiger partial charge in [-0.15, -0.1) is 0 Å². The van der Waals surface area contributed by atoms with Gasteiger partial charge in [0.15, 0.2) is 0 Å². The molecule has 0 unspecified atom stereocenters. The average Bonchev–Trinajstić information content (AvgIpc) is 2.77. The van der Waals surface area contributed by atoms with Gasteiger partial charge in [-0.2, -0.15) is 0 Å². The number of piperidine rings is 1. The molecule has 0 radical (unpaired) electrons. The molecule has 30 heavy (non-hydrogen) atoms. The van der Waals surface area contributed by atoms with Crippen molar-refractivity contribution in [2.75, 3.05) is 31.1 Å². The van der Waals surface area contributed by atoms with E-state index in [2.05, 4.69) is 78.4 Å². The normalized spacial score (nSPS) is 19.1. The molecular formula is C26H35N3O. The summed E-state index contributed by atoms with van der Waals surface area (Å²) in [5.74, 6) is 0.623. The first-order valence-electron chi connectivity index (χ1n) is 11.2. The molecule has 0 bridgehead atoms. The van der Waals surface area contributed by atoms with Crippen molar-refractivity contribution in [1.82, 2.24) is 9.80 Å². The molecule has 1 heterocycles. The maximum Gasteiger partial charge on any atom is 0.253 e. The number of carbonyl (C=O) groups excluding carboxylic acids is 1. The first-order chi connectivity index (χ1) is 14.6. The zero-order valence-corrected chi connectivity index (χ0v) is 18.8. The van der Waals surface area contributed by atoms with Crippen molar-refractivity contribution >= 4 is 17.3 Å². The molecule has 0 N–H and O–H groups in total. The SMILES string of the molecule is C/C=C/N1CC[C@@H](N(c2ccccc2)c2ccc(C(=O)N(CC)CC)cc2)[C@@H](C)C1. The first-order valence-corrected chi connectivity index (χ1v) is 11.2. The van der Waals surface area contributed by atoms with Crippen LogP contribution in [0.25, 0.3) is 0 Å². The predicted octanol–water partition coefficient (Wildman–Crippen LogP) is 5.55. The Labute approximate surface area is 181 Å². The Bertz CT molecular complexity index is 827. The molecule has 0 saturated carbocycles. The smallest absolute Gasteiger partial charge is 0.253 e. The van der Waals surface area contributed by atoms with E-state index in [9.17, 15) is 4.79 Å². The largest absolute Gasteiger partial charge is 0.377 e. The van der Waals surface area contributed by atoms with Crippen LogP contribution in [-0.2, 0) is 0 Å². The average molecular weight is 406 g/mol. The molecule has 0 aliphatic carbocycles. The lowest BCUT2D eigenvalue weighted by Crippen LogP contribution is -2.47. The zero-order chi connectivity index (χ0) is 21.5. The number of likely N-dealkylation sites (tertiary alicyclic amines) is 1. The number of rotatable bonds is 7. The Morgan fingerprint density at radius 1 is 1.03 bits per heavy atom. The van der Waals surface area contributed by atoms with Gasteiger partial charge in [0.1, 0.15) is 0 Å². The number of nitrogens with zero attached hydrogens (tertiary/aromatic N) is 3. The minimum absolute atomic E-state index is 0.103. The first kappa shape index (κ1) is 21.9. The summed E-state index contributed by atoms with van der Waals surface area (Å²) in [5.41, 5.74) is 3.11. The second-order valence-electron chi connectivity index (χ2n) is 8.04. The van der Waals surface area contributed by atoms with Gasteiger partial charge in [-0.1, -0.05) is 31.2 Å². The van der Waals surface area contributed by atoms with Crippen LogP contribution in [0.3, 0.4) is 0 Å². The molecular weight excluding hydrogens is 370 g/mol. The van der Waals surface area contributed by atoms with E-state index in [1.807, 2.05) is 30.9 Å². The van der Waals surface area contributed by atoms with Crippen LogP contribution in [0.1, 0.15) is 44.5 Å². The second-order valence-corrected chi connectivity index (χ2v) is 8.04. The number of amides is 1. The molecule has 0 spiro atoms. The van der Waals surface area contributed by atoms with Crippen LogP contribution in [0, 0.1) is 5.92 Å². The van der Waals surface area contributed by atoms with Crippen molar-refractivity contribution in [3.63, 3.8) is 0 Å². The van der Waals surface area contributed by atoms with Gasteiger partial charge in [0, 0.05) is 49.2 Å². The van der Waals surface area contributed by atoms with Crippen LogP contribution < -0.4 is 4.90 Å². The molecule has 1 saturated heterocycles. The van der Waals surface area contributed by atoms with Crippen molar-refractivity contribution in [3.05, 3.63) is 72.4 Å². The Balaban J connectivity index is 1.90. The third kappa shape index (κ3) is 4.86. The van der Waals surface area contributed by atoms with E-state index in [1.165, 1.54) is 5.69 Å². The van der Waals surface area contributed by atoms with Crippen LogP contribution in [0.2, 0.25) is 0 Å². The van der Waals surface area contributed by atoms with Gasteiger partial charge in [-0.25, -0.2) is 0 Å². The molecule has 160 valence electrons. The van der Waals surface area contributed by atoms with Gasteiger partial charge >= 0.3 is 0 Å². The minimum atomic E-state index is 0.103. The topological polar surface area (TPSA) is 26.8 Å². The van der Waals surface area contributed by atoms with Gasteiger partial charge in [-0.05, 0) is 75.7 Å². The van der Waals surface area contributed by atoms with Gasteiger partial charge in [0.25, 0.3) is 5.91 Å². The van der Waals surface area contributed by atoms with Crippen LogP contribution in [-0.4, -0.2) is 47.9 Å². The van der Waals surface area contributed by atoms with Crippen LogP contribution in [0.5, 0.6) is 0 Å². The van der Waals surface area contributed by atoms with E-state index in [0.29, 0.717) is 12.0 Å². The lowest BCUT2D eigenvalue weighted by molar-refractivity contribution is 0.0773. The van der Waals surface area contributed by atoms with Crippen molar-refractivity contribution in [2.45, 2.75) is 40.2 Å². The number of carbonyl (C=O) groups is 1. The minimum Gasteiger partial charge on any atom is -0.377 e. The highest BCUT2D eigenvalue weighted by atomic mass is 16.2. The maximum absolute atomic E-state index is 12.7. The maximum atomic E-state index is 12.7.